The third-order valence-corrected chi connectivity index (χ3v) is 1.54. The summed E-state index contributed by atoms with van der Waals surface area (Å²) in [5, 5.41) is 8.49. The van der Waals surface area contributed by atoms with Crippen molar-refractivity contribution in [1.82, 2.24) is 0 Å². The number of Topliss-reactive ketones (excluding diaryl/α,β-unsaturated/α-hetero) is 1. The number of carbonyl (C=O) groups is 1. The third-order valence-electron chi connectivity index (χ3n) is 1.54. The van der Waals surface area contributed by atoms with Gasteiger partial charge in [-0.05, 0) is 24.6 Å². The summed E-state index contributed by atoms with van der Waals surface area (Å²) < 4.78 is 0. The van der Waals surface area contributed by atoms with Crippen molar-refractivity contribution < 1.29 is 4.79 Å². The predicted molar refractivity (Wildman–Crippen MR) is 68.2 cm³/mol. The molecule has 0 fully saturated rings. The van der Waals surface area contributed by atoms with Crippen molar-refractivity contribution in [3.05, 3.63) is 35.4 Å². The highest BCUT2D eigenvalue weighted by Gasteiger charge is 1.96. The van der Waals surface area contributed by atoms with Crippen molar-refractivity contribution in [2.75, 3.05) is 0 Å². The SMILES string of the molecule is CC.CC.CC(=O)Cc1ccc(C#N)cc1. The zero-order valence-electron chi connectivity index (χ0n) is 10.9. The molecule has 0 aliphatic carbocycles. The monoisotopic (exact) mass is 219 g/mol. The van der Waals surface area contributed by atoms with Gasteiger partial charge in [0.15, 0.2) is 0 Å². The van der Waals surface area contributed by atoms with E-state index < -0.39 is 0 Å². The molecule has 2 heteroatoms. The van der Waals surface area contributed by atoms with Gasteiger partial charge in [0.05, 0.1) is 11.6 Å². The van der Waals surface area contributed by atoms with Crippen LogP contribution < -0.4 is 0 Å². The van der Waals surface area contributed by atoms with E-state index in [2.05, 4.69) is 0 Å². The molecule has 2 nitrogen and oxygen atoms in total. The van der Waals surface area contributed by atoms with E-state index in [-0.39, 0.29) is 5.78 Å². The summed E-state index contributed by atoms with van der Waals surface area (Å²) in [6, 6.07) is 9.07. The summed E-state index contributed by atoms with van der Waals surface area (Å²) in [4.78, 5) is 10.7. The Labute approximate surface area is 98.9 Å². The van der Waals surface area contributed by atoms with Gasteiger partial charge in [0.25, 0.3) is 0 Å². The summed E-state index contributed by atoms with van der Waals surface area (Å²) in [5.74, 6) is 0.139. The van der Waals surface area contributed by atoms with Crippen molar-refractivity contribution in [2.45, 2.75) is 41.0 Å². The fourth-order valence-electron chi connectivity index (χ4n) is 0.985. The maximum Gasteiger partial charge on any atom is 0.134 e. The maximum atomic E-state index is 10.7. The lowest BCUT2D eigenvalue weighted by Gasteiger charge is -1.95. The minimum absolute atomic E-state index is 0.139. The summed E-state index contributed by atoms with van der Waals surface area (Å²) in [7, 11) is 0. The molecule has 0 N–H and O–H groups in total. The van der Waals surface area contributed by atoms with Crippen LogP contribution in [0.5, 0.6) is 0 Å². The van der Waals surface area contributed by atoms with E-state index in [0.717, 1.165) is 5.56 Å². The maximum absolute atomic E-state index is 10.7. The molecule has 0 aliphatic rings. The second-order valence-electron chi connectivity index (χ2n) is 2.69. The molecular formula is C14H21NO. The van der Waals surface area contributed by atoms with E-state index in [1.54, 1.807) is 31.2 Å². The first-order valence-corrected chi connectivity index (χ1v) is 5.71. The fraction of sp³-hybridized carbons (Fsp3) is 0.429. The molecule has 0 unspecified atom stereocenters. The van der Waals surface area contributed by atoms with E-state index in [0.29, 0.717) is 12.0 Å². The number of benzene rings is 1. The molecule has 0 saturated heterocycles. The van der Waals surface area contributed by atoms with Crippen LogP contribution in [0.3, 0.4) is 0 Å². The molecule has 88 valence electrons. The Bertz CT molecular complexity index is 320. The first-order chi connectivity index (χ1) is 7.72. The molecule has 0 aliphatic heterocycles. The molecule has 0 spiro atoms. The van der Waals surface area contributed by atoms with E-state index in [4.69, 9.17) is 5.26 Å². The van der Waals surface area contributed by atoms with Gasteiger partial charge in [-0.3, -0.25) is 4.79 Å². The average molecular weight is 219 g/mol. The van der Waals surface area contributed by atoms with Gasteiger partial charge in [-0.15, -0.1) is 0 Å². The summed E-state index contributed by atoms with van der Waals surface area (Å²) in [5.41, 5.74) is 1.59. The number of ketones is 1. The molecule has 0 amide bonds. The van der Waals surface area contributed by atoms with Crippen LogP contribution >= 0.6 is 0 Å². The van der Waals surface area contributed by atoms with E-state index in [1.807, 2.05) is 33.8 Å². The highest BCUT2D eigenvalue weighted by molar-refractivity contribution is 5.78. The lowest BCUT2D eigenvalue weighted by molar-refractivity contribution is -0.116. The second-order valence-corrected chi connectivity index (χ2v) is 2.69. The molecule has 0 bridgehead atoms. The van der Waals surface area contributed by atoms with Gasteiger partial charge < -0.3 is 0 Å². The zero-order valence-corrected chi connectivity index (χ0v) is 10.9. The Hall–Kier alpha value is -1.62. The smallest absolute Gasteiger partial charge is 0.134 e. The van der Waals surface area contributed by atoms with Gasteiger partial charge in [-0.25, -0.2) is 0 Å². The minimum atomic E-state index is 0.139. The van der Waals surface area contributed by atoms with Crippen molar-refractivity contribution in [2.24, 2.45) is 0 Å². The van der Waals surface area contributed by atoms with Crippen molar-refractivity contribution in [3.8, 4) is 6.07 Å². The lowest BCUT2D eigenvalue weighted by atomic mass is 10.1. The van der Waals surface area contributed by atoms with Gasteiger partial charge in [-0.1, -0.05) is 39.8 Å². The van der Waals surface area contributed by atoms with Crippen LogP contribution in [0, 0.1) is 11.3 Å². The highest BCUT2D eigenvalue weighted by Crippen LogP contribution is 2.03. The minimum Gasteiger partial charge on any atom is -0.300 e. The lowest BCUT2D eigenvalue weighted by Crippen LogP contribution is -1.95. The molecule has 1 aromatic rings. The first-order valence-electron chi connectivity index (χ1n) is 5.71. The molecule has 16 heavy (non-hydrogen) atoms. The van der Waals surface area contributed by atoms with Crippen molar-refractivity contribution in [1.29, 1.82) is 5.26 Å². The molecule has 1 aromatic carbocycles. The van der Waals surface area contributed by atoms with E-state index in [9.17, 15) is 4.79 Å². The van der Waals surface area contributed by atoms with Crippen molar-refractivity contribution in [3.63, 3.8) is 0 Å². The van der Waals surface area contributed by atoms with Crippen LogP contribution in [0.4, 0.5) is 0 Å². The largest absolute Gasteiger partial charge is 0.300 e. The van der Waals surface area contributed by atoms with Crippen LogP contribution in [-0.2, 0) is 11.2 Å². The Balaban J connectivity index is 0. The molecule has 0 aromatic heterocycles. The topological polar surface area (TPSA) is 40.9 Å². The van der Waals surface area contributed by atoms with Crippen LogP contribution in [0.1, 0.15) is 45.7 Å². The van der Waals surface area contributed by atoms with Crippen LogP contribution in [0.25, 0.3) is 0 Å². The van der Waals surface area contributed by atoms with Gasteiger partial charge in [-0.2, -0.15) is 5.26 Å². The third kappa shape index (κ3) is 7.75. The number of hydrogen-bond donors (Lipinski definition) is 0. The summed E-state index contributed by atoms with van der Waals surface area (Å²) in [6.45, 7) is 9.55. The molecule has 0 atom stereocenters. The van der Waals surface area contributed by atoms with Crippen molar-refractivity contribution >= 4 is 5.78 Å². The molecular weight excluding hydrogens is 198 g/mol. The number of rotatable bonds is 2. The van der Waals surface area contributed by atoms with Gasteiger partial charge in [0.2, 0.25) is 0 Å². The standard InChI is InChI=1S/C10H9NO.2C2H6/c1-8(12)6-9-2-4-10(7-11)5-3-9;2*1-2/h2-5H,6H2,1H3;2*1-2H3. The predicted octanol–water partition coefficient (Wildman–Crippen LogP) is 3.74. The normalized spacial score (nSPS) is 7.50. The molecule has 0 radical (unpaired) electrons. The first kappa shape index (κ1) is 16.8. The summed E-state index contributed by atoms with van der Waals surface area (Å²) >= 11 is 0. The number of nitriles is 1. The van der Waals surface area contributed by atoms with E-state index in [1.165, 1.54) is 0 Å². The van der Waals surface area contributed by atoms with Gasteiger partial charge >= 0.3 is 0 Å². The van der Waals surface area contributed by atoms with E-state index >= 15 is 0 Å². The van der Waals surface area contributed by atoms with Gasteiger partial charge in [0.1, 0.15) is 5.78 Å². The Morgan fingerprint density at radius 1 is 1.12 bits per heavy atom. The highest BCUT2D eigenvalue weighted by atomic mass is 16.1. The Kier molecular flexibility index (Phi) is 12.0. The Morgan fingerprint density at radius 3 is 1.88 bits per heavy atom. The van der Waals surface area contributed by atoms with Crippen LogP contribution in [0.15, 0.2) is 24.3 Å². The molecule has 0 heterocycles. The zero-order chi connectivity index (χ0) is 13.0. The van der Waals surface area contributed by atoms with Crippen LogP contribution in [-0.4, -0.2) is 5.78 Å². The number of carbonyl (C=O) groups excluding carboxylic acids is 1. The quantitative estimate of drug-likeness (QED) is 0.760. The average Bonchev–Trinajstić information content (AvgIpc) is 2.34. The fourth-order valence-corrected chi connectivity index (χ4v) is 0.985. The number of nitrogens with zero attached hydrogens (tertiary/aromatic N) is 1. The molecule has 0 saturated carbocycles. The summed E-state index contributed by atoms with van der Waals surface area (Å²) in [6.07, 6.45) is 0.450. The number of hydrogen-bond acceptors (Lipinski definition) is 2. The molecule has 1 rings (SSSR count). The Morgan fingerprint density at radius 2 is 1.56 bits per heavy atom. The van der Waals surface area contributed by atoms with Gasteiger partial charge in [0, 0.05) is 6.42 Å². The second kappa shape index (κ2) is 11.5. The van der Waals surface area contributed by atoms with Crippen LogP contribution in [0.2, 0.25) is 0 Å².